The van der Waals surface area contributed by atoms with Crippen LogP contribution in [0.5, 0.6) is 0 Å². The molecule has 0 atom stereocenters. The summed E-state index contributed by atoms with van der Waals surface area (Å²) in [5, 5.41) is 20.3. The van der Waals surface area contributed by atoms with Crippen LogP contribution < -0.4 is 4.72 Å². The summed E-state index contributed by atoms with van der Waals surface area (Å²) in [6.45, 7) is 4.76. The number of aryl methyl sites for hydroxylation is 1. The molecule has 0 saturated carbocycles. The van der Waals surface area contributed by atoms with Gasteiger partial charge < -0.3 is 19.5 Å². The molecule has 0 aliphatic carbocycles. The average molecular weight is 669 g/mol. The van der Waals surface area contributed by atoms with Crippen molar-refractivity contribution in [2.75, 3.05) is 19.9 Å². The topological polar surface area (TPSA) is 167 Å². The number of amides is 1. The van der Waals surface area contributed by atoms with Crippen molar-refractivity contribution in [1.82, 2.24) is 19.5 Å². The molecule has 1 fully saturated rings. The fraction of sp³-hybridized carbons (Fsp3) is 0.393. The zero-order valence-electron chi connectivity index (χ0n) is 24.9. The van der Waals surface area contributed by atoms with Gasteiger partial charge in [0.25, 0.3) is 16.8 Å². The largest absolute Gasteiger partial charge is 0.569 e. The number of carbonyl (C=O) groups excluding carboxylic acids is 2. The van der Waals surface area contributed by atoms with Crippen LogP contribution in [-0.2, 0) is 35.3 Å². The van der Waals surface area contributed by atoms with Crippen molar-refractivity contribution in [2.45, 2.75) is 50.8 Å². The maximum Gasteiger partial charge on any atom is 0.435 e. The van der Waals surface area contributed by atoms with Crippen LogP contribution >= 0.6 is 0 Å². The lowest BCUT2D eigenvalue weighted by Crippen LogP contribution is -2.43. The number of benzene rings is 2. The van der Waals surface area contributed by atoms with Gasteiger partial charge in [-0.1, -0.05) is 43.7 Å². The van der Waals surface area contributed by atoms with Gasteiger partial charge >= 0.3 is 18.2 Å². The number of hydrogen-bond acceptors (Lipinski definition) is 10. The van der Waals surface area contributed by atoms with E-state index in [2.05, 4.69) is 15.2 Å². The van der Waals surface area contributed by atoms with E-state index in [0.29, 0.717) is 5.56 Å². The van der Waals surface area contributed by atoms with E-state index in [0.717, 1.165) is 28.4 Å². The maximum absolute atomic E-state index is 13.5. The van der Waals surface area contributed by atoms with Gasteiger partial charge in [-0.15, -0.1) is 5.01 Å². The minimum absolute atomic E-state index is 0.0996. The molecule has 1 amide bonds. The zero-order chi connectivity index (χ0) is 33.6. The number of nitrogens with one attached hydrogen (secondary N) is 1. The summed E-state index contributed by atoms with van der Waals surface area (Å²) < 4.78 is 79.0. The molecule has 1 aliphatic heterocycles. The molecule has 1 N–H and O–H groups in total. The van der Waals surface area contributed by atoms with E-state index in [-0.39, 0.29) is 53.1 Å². The van der Waals surface area contributed by atoms with Crippen molar-refractivity contribution >= 4 is 22.1 Å². The summed E-state index contributed by atoms with van der Waals surface area (Å²) in [6.07, 6.45) is -6.32. The third-order valence-electron chi connectivity index (χ3n) is 6.74. The molecule has 0 radical (unpaired) electrons. The summed E-state index contributed by atoms with van der Waals surface area (Å²) in [4.78, 5) is 28.3. The van der Waals surface area contributed by atoms with E-state index in [4.69, 9.17) is 9.47 Å². The lowest BCUT2D eigenvalue weighted by molar-refractivity contribution is -0.714. The summed E-state index contributed by atoms with van der Waals surface area (Å²) >= 11 is 0. The second kappa shape index (κ2) is 14.1. The number of ether oxygens (including phenoxy) is 2. The molecular weight excluding hydrogens is 637 g/mol. The van der Waals surface area contributed by atoms with E-state index < -0.39 is 46.9 Å². The quantitative estimate of drug-likeness (QED) is 0.0798. The van der Waals surface area contributed by atoms with Gasteiger partial charge in [0, 0.05) is 18.4 Å². The summed E-state index contributed by atoms with van der Waals surface area (Å²) in [6, 6.07) is 12.5. The predicted octanol–water partition coefficient (Wildman–Crippen LogP) is 4.71. The normalized spacial score (nSPS) is 14.7. The number of alkyl halides is 3. The molecule has 0 bridgehead atoms. The predicted molar refractivity (Wildman–Crippen MR) is 153 cm³/mol. The highest BCUT2D eigenvalue weighted by Gasteiger charge is 2.35. The molecule has 18 heteroatoms. The van der Waals surface area contributed by atoms with E-state index in [1.54, 1.807) is 42.8 Å². The van der Waals surface area contributed by atoms with Crippen molar-refractivity contribution in [1.29, 1.82) is 0 Å². The molecule has 1 saturated heterocycles. The van der Waals surface area contributed by atoms with Crippen LogP contribution in [0.4, 0.5) is 18.0 Å². The second-order valence-electron chi connectivity index (χ2n) is 10.5. The number of esters is 1. The standard InChI is InChI=1S/C28H31F3N6O8S/c1-18(2)26(38)43-17-44-34-37(40)35-14-12-22(13-15-35)45-27(39)33-46(41,42)23-10-8-21(9-11-23)36-24(16-25(32-36)28(29,30)31)20-6-4-19(3)5-7-20/h4-11,16,18,22H,12-15,17H2,1-3H3,(H,33,39). The molecule has 3 aromatic rings. The highest BCUT2D eigenvalue weighted by molar-refractivity contribution is 7.90. The van der Waals surface area contributed by atoms with Crippen LogP contribution in [0.1, 0.15) is 37.9 Å². The monoisotopic (exact) mass is 668 g/mol. The minimum atomic E-state index is -4.71. The fourth-order valence-electron chi connectivity index (χ4n) is 4.26. The Morgan fingerprint density at radius 2 is 1.74 bits per heavy atom. The van der Waals surface area contributed by atoms with Gasteiger partial charge in [-0.25, -0.2) is 22.6 Å². The number of sulfonamides is 1. The smallest absolute Gasteiger partial charge is 0.435 e. The summed E-state index contributed by atoms with van der Waals surface area (Å²) in [5.41, 5.74) is 0.553. The summed E-state index contributed by atoms with van der Waals surface area (Å²) in [7, 11) is -4.41. The van der Waals surface area contributed by atoms with Gasteiger partial charge in [-0.2, -0.15) is 18.3 Å². The lowest BCUT2D eigenvalue weighted by Gasteiger charge is -2.27. The highest BCUT2D eigenvalue weighted by atomic mass is 32.2. The van der Waals surface area contributed by atoms with Crippen LogP contribution in [0.15, 0.2) is 64.8 Å². The SMILES string of the molecule is Cc1ccc(-c2cc(C(F)(F)F)nn2-c2ccc(S(=O)(=O)NC(=O)OC3CCN([N+]([O-])=NOCOC(=O)C(C)C)CC3)cc2)cc1. The maximum atomic E-state index is 13.5. The average Bonchev–Trinajstić information content (AvgIpc) is 3.46. The first-order valence-electron chi connectivity index (χ1n) is 13.9. The molecule has 14 nitrogen and oxygen atoms in total. The first kappa shape index (κ1) is 34.0. The molecule has 248 valence electrons. The number of carbonyl (C=O) groups is 2. The third kappa shape index (κ3) is 8.64. The first-order chi connectivity index (χ1) is 21.6. The van der Waals surface area contributed by atoms with E-state index in [1.165, 1.54) is 17.1 Å². The number of hydrogen-bond donors (Lipinski definition) is 1. The van der Waals surface area contributed by atoms with Crippen molar-refractivity contribution < 1.29 is 50.5 Å². The van der Waals surface area contributed by atoms with Crippen LogP contribution in [0, 0.1) is 18.0 Å². The molecule has 2 aromatic carbocycles. The Kier molecular flexibility index (Phi) is 10.4. The molecule has 0 unspecified atom stereocenters. The number of hydrazine groups is 1. The van der Waals surface area contributed by atoms with Crippen molar-refractivity contribution in [2.24, 2.45) is 11.2 Å². The first-order valence-corrected chi connectivity index (χ1v) is 15.4. The Balaban J connectivity index is 1.35. The Labute approximate surface area is 261 Å². The molecule has 1 aliphatic rings. The van der Waals surface area contributed by atoms with Gasteiger partial charge in [0.05, 0.1) is 40.3 Å². The molecule has 1 aromatic heterocycles. The van der Waals surface area contributed by atoms with Gasteiger partial charge in [0.1, 0.15) is 6.10 Å². The van der Waals surface area contributed by atoms with E-state index >= 15 is 0 Å². The number of aromatic nitrogens is 2. The second-order valence-corrected chi connectivity index (χ2v) is 12.2. The van der Waals surface area contributed by atoms with Crippen LogP contribution in [0.3, 0.4) is 0 Å². The highest BCUT2D eigenvalue weighted by Crippen LogP contribution is 2.33. The lowest BCUT2D eigenvalue weighted by atomic mass is 10.1. The fourth-order valence-corrected chi connectivity index (χ4v) is 5.14. The van der Waals surface area contributed by atoms with Crippen molar-refractivity contribution in [3.8, 4) is 16.9 Å². The number of rotatable bonds is 10. The van der Waals surface area contributed by atoms with Crippen LogP contribution in [0.2, 0.25) is 0 Å². The molecule has 2 heterocycles. The van der Waals surface area contributed by atoms with Crippen molar-refractivity contribution in [3.05, 3.63) is 71.1 Å². The number of halogens is 3. The Bertz CT molecular complexity index is 1670. The van der Waals surface area contributed by atoms with Crippen molar-refractivity contribution in [3.63, 3.8) is 0 Å². The Hall–Kier alpha value is -4.87. The van der Waals surface area contributed by atoms with Gasteiger partial charge in [-0.3, -0.25) is 4.79 Å². The van der Waals surface area contributed by atoms with Gasteiger partial charge in [0.15, 0.2) is 5.69 Å². The van der Waals surface area contributed by atoms with E-state index in [9.17, 15) is 36.4 Å². The molecule has 4 rings (SSSR count). The zero-order valence-corrected chi connectivity index (χ0v) is 25.7. The van der Waals surface area contributed by atoms with Crippen LogP contribution in [0.25, 0.3) is 16.9 Å². The third-order valence-corrected chi connectivity index (χ3v) is 8.07. The van der Waals surface area contributed by atoms with Gasteiger partial charge in [0.2, 0.25) is 5.28 Å². The van der Waals surface area contributed by atoms with E-state index in [1.807, 2.05) is 6.92 Å². The molecular formula is C28H31F3N6O8S. The van der Waals surface area contributed by atoms with Gasteiger partial charge in [-0.05, 0) is 37.3 Å². The molecule has 46 heavy (non-hydrogen) atoms. The minimum Gasteiger partial charge on any atom is -0.569 e. The van der Waals surface area contributed by atoms with Crippen LogP contribution in [-0.4, -0.2) is 66.2 Å². The Morgan fingerprint density at radius 3 is 2.33 bits per heavy atom. The molecule has 0 spiro atoms. The summed E-state index contributed by atoms with van der Waals surface area (Å²) in [5.74, 6) is -0.893. The Morgan fingerprint density at radius 1 is 1.11 bits per heavy atom. The number of piperidine rings is 1. The number of nitrogens with zero attached hydrogens (tertiary/aromatic N) is 5.